The number of hydrogen-bond donors (Lipinski definition) is 0. The quantitative estimate of drug-likeness (QED) is 0.0908. The fourth-order valence-corrected chi connectivity index (χ4v) is 7.01. The number of benzene rings is 2. The number of aromatic nitrogens is 4. The van der Waals surface area contributed by atoms with E-state index >= 15 is 26.3 Å². The molecule has 0 radical (unpaired) electrons. The minimum atomic E-state index is -8.11. The van der Waals surface area contributed by atoms with Gasteiger partial charge in [-0.15, -0.1) is 27.6 Å². The average Bonchev–Trinajstić information content (AvgIpc) is 4.02. The Balaban J connectivity index is 0.00000641. The second kappa shape index (κ2) is 15.7. The van der Waals surface area contributed by atoms with Gasteiger partial charge in [0.2, 0.25) is 0 Å². The van der Waals surface area contributed by atoms with Crippen molar-refractivity contribution in [2.24, 2.45) is 0 Å². The zero-order valence-corrected chi connectivity index (χ0v) is 36.3. The van der Waals surface area contributed by atoms with Gasteiger partial charge in [-0.25, -0.2) is 9.97 Å². The number of rotatable bonds is 7. The Morgan fingerprint density at radius 3 is 1.35 bits per heavy atom. The van der Waals surface area contributed by atoms with Crippen molar-refractivity contribution in [3.05, 3.63) is 119 Å². The molecule has 5 aromatic rings. The summed E-state index contributed by atoms with van der Waals surface area (Å²) in [6, 6.07) is 20.4. The standard InChI is InChI=1S/C43H27F13N4Si.Zn/c1-61(2,3)23-22-26-27-14-16-29(57-27)35(24-10-6-4-7-11-24)31-18-20-33(59-31)37(38(44,45)39(46,47)40(48,49)41(50,51)42(52,53)43(54,55)56)34-21-19-32(60-34)36(25-12-8-5-9-13-25)30-17-15-28(26)58-30;/h4-21H,1-3H3;/q-2;+2. The van der Waals surface area contributed by atoms with Crippen molar-refractivity contribution in [3.63, 3.8) is 0 Å². The topological polar surface area (TPSA) is 54.0 Å². The van der Waals surface area contributed by atoms with E-state index in [0.29, 0.717) is 40.0 Å². The van der Waals surface area contributed by atoms with Crippen molar-refractivity contribution in [1.82, 2.24) is 19.9 Å². The van der Waals surface area contributed by atoms with E-state index in [2.05, 4.69) is 21.4 Å². The van der Waals surface area contributed by atoms with Gasteiger partial charge in [0.25, 0.3) is 0 Å². The zero-order chi connectivity index (χ0) is 44.6. The average molecular weight is 940 g/mol. The summed E-state index contributed by atoms with van der Waals surface area (Å²) < 4.78 is 191. The Morgan fingerprint density at radius 2 is 0.871 bits per heavy atom. The van der Waals surface area contributed by atoms with Gasteiger partial charge in [0.15, 0.2) is 0 Å². The molecule has 7 rings (SSSR count). The normalized spacial score (nSPS) is 13.7. The Bertz CT molecular complexity index is 2790. The largest absolute Gasteiger partial charge is 2.00 e. The number of nitrogens with zero attached hydrogens (tertiary/aromatic N) is 4. The van der Waals surface area contributed by atoms with Gasteiger partial charge < -0.3 is 9.97 Å². The van der Waals surface area contributed by atoms with Crippen LogP contribution in [0.25, 0.3) is 68.6 Å². The monoisotopic (exact) mass is 938 g/mol. The minimum Gasteiger partial charge on any atom is -0.657 e. The summed E-state index contributed by atoms with van der Waals surface area (Å²) in [5.74, 6) is -35.2. The van der Waals surface area contributed by atoms with Gasteiger partial charge in [-0.2, -0.15) is 57.1 Å². The van der Waals surface area contributed by atoms with E-state index < -0.39 is 60.6 Å². The summed E-state index contributed by atoms with van der Waals surface area (Å²) in [4.78, 5) is 17.6. The molecular weight excluding hydrogens is 913 g/mol. The van der Waals surface area contributed by atoms with Gasteiger partial charge in [0, 0.05) is 11.1 Å². The molecule has 4 nitrogen and oxygen atoms in total. The molecule has 62 heavy (non-hydrogen) atoms. The zero-order valence-electron chi connectivity index (χ0n) is 32.3. The maximum Gasteiger partial charge on any atom is 2.00 e. The fourth-order valence-electron chi connectivity index (χ4n) is 6.51. The number of halogens is 13. The third-order valence-corrected chi connectivity index (χ3v) is 10.4. The maximum atomic E-state index is 16.6. The summed E-state index contributed by atoms with van der Waals surface area (Å²) in [5.41, 5.74) is -0.220. The molecular formula is C43H27F13N4SiZn. The molecule has 0 N–H and O–H groups in total. The number of hydrogen-bond acceptors (Lipinski definition) is 2. The first-order chi connectivity index (χ1) is 28.3. The Morgan fingerprint density at radius 1 is 0.468 bits per heavy atom. The molecule has 0 amide bonds. The Hall–Kier alpha value is -5.47. The van der Waals surface area contributed by atoms with Crippen LogP contribution in [-0.4, -0.2) is 47.9 Å². The van der Waals surface area contributed by atoms with E-state index in [0.717, 1.165) is 12.1 Å². The van der Waals surface area contributed by atoms with E-state index in [-0.39, 0.29) is 53.0 Å². The summed E-state index contributed by atoms with van der Waals surface area (Å²) in [6.07, 6.45) is -2.85. The first kappa shape index (κ1) is 46.0. The van der Waals surface area contributed by atoms with Crippen LogP contribution in [0.1, 0.15) is 33.9 Å². The number of fused-ring (bicyclic) bond motifs is 8. The van der Waals surface area contributed by atoms with Gasteiger partial charge in [-0.3, -0.25) is 0 Å². The van der Waals surface area contributed by atoms with E-state index in [9.17, 15) is 30.7 Å². The van der Waals surface area contributed by atoms with E-state index in [4.69, 9.17) is 9.97 Å². The van der Waals surface area contributed by atoms with Crippen LogP contribution < -0.4 is 9.97 Å². The van der Waals surface area contributed by atoms with Crippen LogP contribution in [-0.2, 0) is 25.4 Å². The second-order valence-corrected chi connectivity index (χ2v) is 19.7. The van der Waals surface area contributed by atoms with Gasteiger partial charge in [-0.1, -0.05) is 110 Å². The summed E-state index contributed by atoms with van der Waals surface area (Å²) in [6.45, 7) is 6.04. The first-order valence-electron chi connectivity index (χ1n) is 18.0. The van der Waals surface area contributed by atoms with Gasteiger partial charge >= 0.3 is 55.3 Å². The van der Waals surface area contributed by atoms with Crippen LogP contribution in [0.15, 0.2) is 84.9 Å². The first-order valence-corrected chi connectivity index (χ1v) is 21.5. The van der Waals surface area contributed by atoms with E-state index in [1.54, 1.807) is 72.8 Å². The van der Waals surface area contributed by atoms with Crippen molar-refractivity contribution in [3.8, 4) is 33.7 Å². The van der Waals surface area contributed by atoms with Crippen LogP contribution >= 0.6 is 0 Å². The van der Waals surface area contributed by atoms with Crippen molar-refractivity contribution >= 4 is 54.4 Å². The molecule has 8 bridgehead atoms. The molecule has 0 saturated carbocycles. The molecule has 19 heteroatoms. The van der Waals surface area contributed by atoms with Gasteiger partial charge in [0.05, 0.1) is 22.8 Å². The molecule has 2 aliphatic rings. The third kappa shape index (κ3) is 7.58. The smallest absolute Gasteiger partial charge is 0.657 e. The van der Waals surface area contributed by atoms with Crippen molar-refractivity contribution in [2.45, 2.75) is 55.4 Å². The van der Waals surface area contributed by atoms with Gasteiger partial charge in [-0.05, 0) is 46.6 Å². The molecule has 0 saturated heterocycles. The predicted molar refractivity (Wildman–Crippen MR) is 208 cm³/mol. The minimum absolute atomic E-state index is 0. The van der Waals surface area contributed by atoms with Crippen LogP contribution in [0, 0.1) is 11.5 Å². The molecule has 316 valence electrons. The molecule has 5 heterocycles. The van der Waals surface area contributed by atoms with Crippen LogP contribution in [0.2, 0.25) is 19.6 Å². The van der Waals surface area contributed by atoms with E-state index in [1.807, 2.05) is 19.6 Å². The molecule has 3 aromatic heterocycles. The molecule has 0 spiro atoms. The molecule has 0 fully saturated rings. The Kier molecular flexibility index (Phi) is 11.7. The molecule has 2 aliphatic heterocycles. The molecule has 0 atom stereocenters. The predicted octanol–water partition coefficient (Wildman–Crippen LogP) is 12.7. The van der Waals surface area contributed by atoms with Crippen LogP contribution in [0.5, 0.6) is 0 Å². The van der Waals surface area contributed by atoms with E-state index in [1.165, 1.54) is 12.1 Å². The summed E-state index contributed by atoms with van der Waals surface area (Å²) in [5, 5.41) is 0. The molecule has 2 aromatic carbocycles. The number of alkyl halides is 13. The molecule has 0 aliphatic carbocycles. The molecule has 0 unspecified atom stereocenters. The summed E-state index contributed by atoms with van der Waals surface area (Å²) >= 11 is 0. The SMILES string of the molecule is C[Si](C)(C)C#Cc1c2nc(c(-c3ccccc3)c3ccc([n-]3)c(C(F)(F)C(F)(F)C(F)(F)C(F)(F)C(F)(F)C(F)(F)F)c3nc(c(-c4ccccc4)c4ccc1[n-]4)C=C3)C=C2.[Zn+2]. The fraction of sp³-hybridized carbons (Fsp3) is 0.209. The van der Waals surface area contributed by atoms with Crippen molar-refractivity contribution in [2.75, 3.05) is 0 Å². The van der Waals surface area contributed by atoms with Gasteiger partial charge in [0.1, 0.15) is 8.07 Å². The Labute approximate surface area is 357 Å². The second-order valence-electron chi connectivity index (χ2n) is 15.0. The maximum absolute atomic E-state index is 16.6. The van der Waals surface area contributed by atoms with Crippen LogP contribution in [0.3, 0.4) is 0 Å². The third-order valence-electron chi connectivity index (χ3n) is 9.54. The summed E-state index contributed by atoms with van der Waals surface area (Å²) in [7, 11) is -2.04. The van der Waals surface area contributed by atoms with Crippen molar-refractivity contribution in [1.29, 1.82) is 0 Å². The van der Waals surface area contributed by atoms with Crippen LogP contribution in [0.4, 0.5) is 57.1 Å². The van der Waals surface area contributed by atoms with Crippen molar-refractivity contribution < 1.29 is 76.6 Å².